The van der Waals surface area contributed by atoms with Gasteiger partial charge in [-0.1, -0.05) is 13.8 Å². The van der Waals surface area contributed by atoms with Gasteiger partial charge in [-0.15, -0.1) is 0 Å². The predicted molar refractivity (Wildman–Crippen MR) is 70.8 cm³/mol. The third kappa shape index (κ3) is 6.59. The van der Waals surface area contributed by atoms with Crippen molar-refractivity contribution in [2.24, 2.45) is 17.6 Å². The lowest BCUT2D eigenvalue weighted by Crippen LogP contribution is -2.39. The molecule has 2 amide bonds. The Labute approximate surface area is 109 Å². The van der Waals surface area contributed by atoms with Crippen LogP contribution in [0.25, 0.3) is 0 Å². The van der Waals surface area contributed by atoms with Gasteiger partial charge in [-0.3, -0.25) is 9.59 Å². The van der Waals surface area contributed by atoms with Crippen LogP contribution < -0.4 is 16.4 Å². The van der Waals surface area contributed by atoms with Gasteiger partial charge < -0.3 is 16.4 Å². The molecule has 0 aromatic heterocycles. The summed E-state index contributed by atoms with van der Waals surface area (Å²) in [6.07, 6.45) is 3.19. The standard InChI is InChI=1S/C13H25N3O2/c1-9(2)7-13(18)15-6-5-12(17)16-8-11(14)10-3-4-10/h9-11H,3-8,14H2,1-2H3,(H,15,18)(H,16,17). The molecular weight excluding hydrogens is 230 g/mol. The van der Waals surface area contributed by atoms with Gasteiger partial charge in [0, 0.05) is 32.0 Å². The SMILES string of the molecule is CC(C)CC(=O)NCCC(=O)NCC(N)C1CC1. The van der Waals surface area contributed by atoms with Crippen LogP contribution >= 0.6 is 0 Å². The van der Waals surface area contributed by atoms with E-state index in [0.717, 1.165) is 0 Å². The Morgan fingerprint density at radius 1 is 1.22 bits per heavy atom. The molecule has 0 bridgehead atoms. The Kier molecular flexibility index (Phi) is 6.12. The van der Waals surface area contributed by atoms with Gasteiger partial charge in [0.2, 0.25) is 11.8 Å². The summed E-state index contributed by atoms with van der Waals surface area (Å²) in [5.41, 5.74) is 5.87. The Morgan fingerprint density at radius 3 is 2.44 bits per heavy atom. The highest BCUT2D eigenvalue weighted by Gasteiger charge is 2.28. The van der Waals surface area contributed by atoms with Crippen LogP contribution in [0.1, 0.15) is 39.5 Å². The molecule has 1 aliphatic carbocycles. The first kappa shape index (κ1) is 15.0. The summed E-state index contributed by atoms with van der Waals surface area (Å²) in [5.74, 6) is 0.898. The van der Waals surface area contributed by atoms with E-state index in [4.69, 9.17) is 5.73 Å². The second kappa shape index (κ2) is 7.36. The first-order valence-electron chi connectivity index (χ1n) is 6.78. The Morgan fingerprint density at radius 2 is 1.89 bits per heavy atom. The quantitative estimate of drug-likeness (QED) is 0.586. The minimum Gasteiger partial charge on any atom is -0.356 e. The lowest BCUT2D eigenvalue weighted by atomic mass is 10.1. The number of rotatable bonds is 8. The molecule has 0 aliphatic heterocycles. The third-order valence-corrected chi connectivity index (χ3v) is 3.03. The Bertz CT molecular complexity index is 288. The van der Waals surface area contributed by atoms with E-state index >= 15 is 0 Å². The van der Waals surface area contributed by atoms with Crippen molar-refractivity contribution in [1.82, 2.24) is 10.6 Å². The van der Waals surface area contributed by atoms with Crippen LogP contribution in [0.3, 0.4) is 0 Å². The maximum atomic E-state index is 11.5. The summed E-state index contributed by atoms with van der Waals surface area (Å²) in [5, 5.41) is 5.54. The predicted octanol–water partition coefficient (Wildman–Crippen LogP) is 0.392. The fraction of sp³-hybridized carbons (Fsp3) is 0.846. The van der Waals surface area contributed by atoms with Crippen LogP contribution in [0.4, 0.5) is 0 Å². The molecule has 4 N–H and O–H groups in total. The van der Waals surface area contributed by atoms with Gasteiger partial charge in [-0.25, -0.2) is 0 Å². The fourth-order valence-electron chi connectivity index (χ4n) is 1.77. The molecule has 18 heavy (non-hydrogen) atoms. The van der Waals surface area contributed by atoms with Gasteiger partial charge >= 0.3 is 0 Å². The minimum absolute atomic E-state index is 0.00693. The molecule has 1 fully saturated rings. The second-order valence-electron chi connectivity index (χ2n) is 5.50. The Balaban J connectivity index is 2.00. The van der Waals surface area contributed by atoms with Crippen molar-refractivity contribution in [1.29, 1.82) is 0 Å². The minimum atomic E-state index is -0.0454. The smallest absolute Gasteiger partial charge is 0.221 e. The number of nitrogens with one attached hydrogen (secondary N) is 2. The van der Waals surface area contributed by atoms with Crippen molar-refractivity contribution in [3.8, 4) is 0 Å². The third-order valence-electron chi connectivity index (χ3n) is 3.03. The zero-order chi connectivity index (χ0) is 13.5. The largest absolute Gasteiger partial charge is 0.356 e. The summed E-state index contributed by atoms with van der Waals surface area (Å²) in [6.45, 7) is 4.93. The summed E-state index contributed by atoms with van der Waals surface area (Å²) >= 11 is 0. The van der Waals surface area contributed by atoms with E-state index < -0.39 is 0 Å². The second-order valence-corrected chi connectivity index (χ2v) is 5.50. The monoisotopic (exact) mass is 255 g/mol. The molecule has 0 aromatic carbocycles. The van der Waals surface area contributed by atoms with E-state index in [1.165, 1.54) is 12.8 Å². The van der Waals surface area contributed by atoms with Gasteiger partial charge in [-0.05, 0) is 24.7 Å². The molecule has 104 valence electrons. The molecule has 1 aliphatic rings. The van der Waals surface area contributed by atoms with Crippen molar-refractivity contribution in [3.05, 3.63) is 0 Å². The van der Waals surface area contributed by atoms with Crippen molar-refractivity contribution in [2.75, 3.05) is 13.1 Å². The number of carbonyl (C=O) groups is 2. The molecule has 0 spiro atoms. The van der Waals surface area contributed by atoms with Gasteiger partial charge in [0.05, 0.1) is 0 Å². The zero-order valence-corrected chi connectivity index (χ0v) is 11.4. The first-order chi connectivity index (χ1) is 8.49. The van der Waals surface area contributed by atoms with Crippen molar-refractivity contribution in [3.63, 3.8) is 0 Å². The maximum absolute atomic E-state index is 11.5. The molecule has 1 saturated carbocycles. The number of carbonyl (C=O) groups excluding carboxylic acids is 2. The van der Waals surface area contributed by atoms with E-state index in [1.807, 2.05) is 13.8 Å². The van der Waals surface area contributed by atoms with E-state index in [9.17, 15) is 9.59 Å². The highest BCUT2D eigenvalue weighted by molar-refractivity contribution is 5.79. The first-order valence-corrected chi connectivity index (χ1v) is 6.78. The summed E-state index contributed by atoms with van der Waals surface area (Å²) in [7, 11) is 0. The highest BCUT2D eigenvalue weighted by atomic mass is 16.2. The molecule has 1 atom stereocenters. The molecule has 0 aromatic rings. The normalized spacial score (nSPS) is 16.4. The van der Waals surface area contributed by atoms with Crippen molar-refractivity contribution >= 4 is 11.8 Å². The maximum Gasteiger partial charge on any atom is 0.221 e. The highest BCUT2D eigenvalue weighted by Crippen LogP contribution is 2.31. The molecule has 1 rings (SSSR count). The van der Waals surface area contributed by atoms with Crippen LogP contribution in [0, 0.1) is 11.8 Å². The summed E-state index contributed by atoms with van der Waals surface area (Å²) in [6, 6.07) is 0.0875. The van der Waals surface area contributed by atoms with Crippen LogP contribution in [0.5, 0.6) is 0 Å². The molecule has 0 heterocycles. The van der Waals surface area contributed by atoms with Crippen LogP contribution in [0.2, 0.25) is 0 Å². The van der Waals surface area contributed by atoms with Crippen LogP contribution in [0.15, 0.2) is 0 Å². The molecule has 0 radical (unpaired) electrons. The Hall–Kier alpha value is -1.10. The van der Waals surface area contributed by atoms with Crippen LogP contribution in [-0.4, -0.2) is 30.9 Å². The van der Waals surface area contributed by atoms with Crippen molar-refractivity contribution in [2.45, 2.75) is 45.6 Å². The average molecular weight is 255 g/mol. The number of hydrogen-bond acceptors (Lipinski definition) is 3. The number of hydrogen-bond donors (Lipinski definition) is 3. The lowest BCUT2D eigenvalue weighted by molar-refractivity contribution is -0.122. The van der Waals surface area contributed by atoms with Gasteiger partial charge in [0.1, 0.15) is 0 Å². The van der Waals surface area contributed by atoms with Gasteiger partial charge in [0.15, 0.2) is 0 Å². The van der Waals surface area contributed by atoms with E-state index in [-0.39, 0.29) is 17.9 Å². The molecule has 1 unspecified atom stereocenters. The molecular formula is C13H25N3O2. The van der Waals surface area contributed by atoms with E-state index in [1.54, 1.807) is 0 Å². The average Bonchev–Trinajstić information content (AvgIpc) is 3.08. The fourth-order valence-corrected chi connectivity index (χ4v) is 1.77. The van der Waals surface area contributed by atoms with E-state index in [0.29, 0.717) is 37.8 Å². The zero-order valence-electron chi connectivity index (χ0n) is 11.4. The van der Waals surface area contributed by atoms with Gasteiger partial charge in [0.25, 0.3) is 0 Å². The lowest BCUT2D eigenvalue weighted by Gasteiger charge is -2.12. The molecule has 5 nitrogen and oxygen atoms in total. The number of nitrogens with two attached hydrogens (primary N) is 1. The van der Waals surface area contributed by atoms with E-state index in [2.05, 4.69) is 10.6 Å². The summed E-state index contributed by atoms with van der Waals surface area (Å²) in [4.78, 5) is 22.8. The van der Waals surface area contributed by atoms with Crippen LogP contribution in [-0.2, 0) is 9.59 Å². The molecule has 0 saturated heterocycles. The summed E-state index contributed by atoms with van der Waals surface area (Å²) < 4.78 is 0. The molecule has 5 heteroatoms. The van der Waals surface area contributed by atoms with Crippen molar-refractivity contribution < 1.29 is 9.59 Å². The topological polar surface area (TPSA) is 84.2 Å². The van der Waals surface area contributed by atoms with Gasteiger partial charge in [-0.2, -0.15) is 0 Å². The number of amides is 2.